The van der Waals surface area contributed by atoms with Crippen molar-refractivity contribution >= 4 is 40.1 Å². The Morgan fingerprint density at radius 3 is 2.54 bits per heavy atom. The van der Waals surface area contributed by atoms with E-state index in [1.807, 2.05) is 48.5 Å². The van der Waals surface area contributed by atoms with E-state index in [9.17, 15) is 9.59 Å². The Bertz CT molecular complexity index is 1050. The Labute approximate surface area is 167 Å². The number of thioether (sulfide) groups is 1. The number of nitrogens with zero attached hydrogens (tertiary/aromatic N) is 1. The van der Waals surface area contributed by atoms with Crippen LogP contribution in [-0.4, -0.2) is 37.9 Å². The summed E-state index contributed by atoms with van der Waals surface area (Å²) >= 11 is 1.72. The second-order valence-electron chi connectivity index (χ2n) is 6.34. The molecule has 0 aromatic heterocycles. The van der Waals surface area contributed by atoms with Gasteiger partial charge < -0.3 is 14.4 Å². The number of hydrogen-bond donors (Lipinski definition) is 0. The summed E-state index contributed by atoms with van der Waals surface area (Å²) in [5.74, 6) is 0.433. The maximum atomic E-state index is 12.7. The van der Waals surface area contributed by atoms with Gasteiger partial charge in [0.1, 0.15) is 11.3 Å². The molecule has 0 saturated heterocycles. The topological polar surface area (TPSA) is 55.8 Å². The minimum Gasteiger partial charge on any atom is -0.496 e. The number of fused-ring (bicyclic) bond motifs is 2. The van der Waals surface area contributed by atoms with Gasteiger partial charge in [-0.15, -0.1) is 11.8 Å². The number of methoxy groups -OCH3 is 1. The van der Waals surface area contributed by atoms with Crippen molar-refractivity contribution in [3.63, 3.8) is 0 Å². The number of benzene rings is 3. The molecular formula is C22H19NO4S. The van der Waals surface area contributed by atoms with Crippen LogP contribution in [0.3, 0.4) is 0 Å². The smallest absolute Gasteiger partial charge is 0.342 e. The second-order valence-corrected chi connectivity index (χ2v) is 7.47. The molecule has 0 bridgehead atoms. The highest BCUT2D eigenvalue weighted by molar-refractivity contribution is 7.99. The fourth-order valence-electron chi connectivity index (χ4n) is 3.26. The van der Waals surface area contributed by atoms with Crippen molar-refractivity contribution in [1.29, 1.82) is 0 Å². The molecule has 0 fully saturated rings. The van der Waals surface area contributed by atoms with E-state index in [2.05, 4.69) is 0 Å². The van der Waals surface area contributed by atoms with E-state index in [0.29, 0.717) is 17.9 Å². The van der Waals surface area contributed by atoms with Crippen molar-refractivity contribution in [1.82, 2.24) is 0 Å². The van der Waals surface area contributed by atoms with Crippen LogP contribution in [0.25, 0.3) is 10.8 Å². The average molecular weight is 393 g/mol. The number of rotatable bonds is 4. The minimum atomic E-state index is -0.573. The van der Waals surface area contributed by atoms with Crippen molar-refractivity contribution in [2.75, 3.05) is 30.9 Å². The molecule has 0 radical (unpaired) electrons. The standard InChI is InChI=1S/C22H19NO4S/c1-26-19-13-16-7-3-2-6-15(16)12-17(19)22(25)27-14-21(24)23-10-11-28-20-9-5-4-8-18(20)23/h2-9,12-13H,10-11,14H2,1H3. The number of carbonyl (C=O) groups excluding carboxylic acids is 2. The van der Waals surface area contributed by atoms with E-state index in [-0.39, 0.29) is 12.5 Å². The highest BCUT2D eigenvalue weighted by atomic mass is 32.2. The van der Waals surface area contributed by atoms with Gasteiger partial charge in [0.25, 0.3) is 5.91 Å². The molecule has 1 amide bonds. The number of ether oxygens (including phenoxy) is 2. The van der Waals surface area contributed by atoms with Crippen molar-refractivity contribution in [2.45, 2.75) is 4.90 Å². The molecule has 0 aliphatic carbocycles. The molecule has 0 unspecified atom stereocenters. The summed E-state index contributed by atoms with van der Waals surface area (Å²) in [6.07, 6.45) is 0. The van der Waals surface area contributed by atoms with Crippen molar-refractivity contribution in [2.24, 2.45) is 0 Å². The lowest BCUT2D eigenvalue weighted by atomic mass is 10.1. The molecule has 1 heterocycles. The SMILES string of the molecule is COc1cc2ccccc2cc1C(=O)OCC(=O)N1CCSc2ccccc21. The fraction of sp³-hybridized carbons (Fsp3) is 0.182. The predicted molar refractivity (Wildman–Crippen MR) is 110 cm³/mol. The molecular weight excluding hydrogens is 374 g/mol. The van der Waals surface area contributed by atoms with Crippen molar-refractivity contribution < 1.29 is 19.1 Å². The van der Waals surface area contributed by atoms with Gasteiger partial charge in [0, 0.05) is 17.2 Å². The van der Waals surface area contributed by atoms with Gasteiger partial charge in [-0.3, -0.25) is 4.79 Å². The molecule has 0 N–H and O–H groups in total. The molecule has 5 nitrogen and oxygen atoms in total. The third kappa shape index (κ3) is 3.55. The Hall–Kier alpha value is -2.99. The maximum absolute atomic E-state index is 12.7. The molecule has 3 aromatic carbocycles. The van der Waals surface area contributed by atoms with Crippen LogP contribution >= 0.6 is 11.8 Å². The summed E-state index contributed by atoms with van der Waals surface area (Å²) in [6.45, 7) is 0.283. The average Bonchev–Trinajstić information content (AvgIpc) is 2.75. The Morgan fingerprint density at radius 1 is 1.04 bits per heavy atom. The molecule has 142 valence electrons. The lowest BCUT2D eigenvalue weighted by Gasteiger charge is -2.28. The van der Waals surface area contributed by atoms with Crippen LogP contribution < -0.4 is 9.64 Å². The van der Waals surface area contributed by atoms with Gasteiger partial charge in [0.2, 0.25) is 0 Å². The van der Waals surface area contributed by atoms with Gasteiger partial charge in [-0.05, 0) is 35.0 Å². The fourth-order valence-corrected chi connectivity index (χ4v) is 4.25. The molecule has 0 saturated carbocycles. The van der Waals surface area contributed by atoms with E-state index < -0.39 is 5.97 Å². The summed E-state index contributed by atoms with van der Waals surface area (Å²) in [6, 6.07) is 19.0. The lowest BCUT2D eigenvalue weighted by molar-refractivity contribution is -0.121. The molecule has 0 spiro atoms. The van der Waals surface area contributed by atoms with E-state index in [1.54, 1.807) is 28.8 Å². The third-order valence-corrected chi connectivity index (χ3v) is 5.69. The van der Waals surface area contributed by atoms with Crippen molar-refractivity contribution in [3.8, 4) is 5.75 Å². The second kappa shape index (κ2) is 7.94. The molecule has 1 aliphatic rings. The van der Waals surface area contributed by atoms with Crippen LogP contribution in [0.4, 0.5) is 5.69 Å². The predicted octanol–water partition coefficient (Wildman–Crippen LogP) is 4.14. The van der Waals surface area contributed by atoms with Gasteiger partial charge in [-0.1, -0.05) is 36.4 Å². The van der Waals surface area contributed by atoms with Crippen LogP contribution in [0.15, 0.2) is 65.6 Å². The highest BCUT2D eigenvalue weighted by Crippen LogP contribution is 2.34. The molecule has 0 atom stereocenters. The molecule has 1 aliphatic heterocycles. The van der Waals surface area contributed by atoms with Crippen LogP contribution in [0.1, 0.15) is 10.4 Å². The first-order valence-corrected chi connectivity index (χ1v) is 9.92. The minimum absolute atomic E-state index is 0.235. The molecule has 3 aromatic rings. The number of anilines is 1. The van der Waals surface area contributed by atoms with E-state index in [0.717, 1.165) is 27.1 Å². The summed E-state index contributed by atoms with van der Waals surface area (Å²) in [7, 11) is 1.51. The quantitative estimate of drug-likeness (QED) is 0.624. The van der Waals surface area contributed by atoms with Gasteiger partial charge in [0.05, 0.1) is 12.8 Å². The highest BCUT2D eigenvalue weighted by Gasteiger charge is 2.24. The number of carbonyl (C=O) groups is 2. The van der Waals surface area contributed by atoms with E-state index in [1.165, 1.54) is 7.11 Å². The maximum Gasteiger partial charge on any atom is 0.342 e. The third-order valence-electron chi connectivity index (χ3n) is 4.64. The number of para-hydroxylation sites is 1. The molecule has 28 heavy (non-hydrogen) atoms. The lowest BCUT2D eigenvalue weighted by Crippen LogP contribution is -2.38. The first-order valence-electron chi connectivity index (χ1n) is 8.93. The zero-order valence-corrected chi connectivity index (χ0v) is 16.2. The summed E-state index contributed by atoms with van der Waals surface area (Å²) < 4.78 is 10.7. The monoisotopic (exact) mass is 393 g/mol. The summed E-state index contributed by atoms with van der Waals surface area (Å²) in [5, 5.41) is 1.87. The van der Waals surface area contributed by atoms with Gasteiger partial charge in [-0.25, -0.2) is 4.79 Å². The Morgan fingerprint density at radius 2 is 1.75 bits per heavy atom. The van der Waals surface area contributed by atoms with Crippen molar-refractivity contribution in [3.05, 3.63) is 66.2 Å². The van der Waals surface area contributed by atoms with Crippen LogP contribution in [-0.2, 0) is 9.53 Å². The van der Waals surface area contributed by atoms with Crippen LogP contribution in [0.2, 0.25) is 0 Å². The largest absolute Gasteiger partial charge is 0.496 e. The Balaban J connectivity index is 1.51. The molecule has 4 rings (SSSR count). The summed E-state index contributed by atoms with van der Waals surface area (Å²) in [5.41, 5.74) is 1.17. The first-order chi connectivity index (χ1) is 13.7. The van der Waals surface area contributed by atoms with Crippen LogP contribution in [0, 0.1) is 0 Å². The van der Waals surface area contributed by atoms with E-state index in [4.69, 9.17) is 9.47 Å². The zero-order valence-electron chi connectivity index (χ0n) is 15.4. The number of esters is 1. The number of hydrogen-bond acceptors (Lipinski definition) is 5. The van der Waals surface area contributed by atoms with Gasteiger partial charge >= 0.3 is 5.97 Å². The summed E-state index contributed by atoms with van der Waals surface area (Å²) in [4.78, 5) is 28.0. The van der Waals surface area contributed by atoms with Gasteiger partial charge in [-0.2, -0.15) is 0 Å². The first kappa shape index (κ1) is 18.4. The Kier molecular flexibility index (Phi) is 5.21. The van der Waals surface area contributed by atoms with Crippen LogP contribution in [0.5, 0.6) is 5.75 Å². The normalized spacial score (nSPS) is 13.1. The molecule has 6 heteroatoms. The zero-order chi connectivity index (χ0) is 19.5. The number of amides is 1. The van der Waals surface area contributed by atoms with E-state index >= 15 is 0 Å². The van der Waals surface area contributed by atoms with Gasteiger partial charge in [0.15, 0.2) is 6.61 Å².